The summed E-state index contributed by atoms with van der Waals surface area (Å²) in [6.07, 6.45) is 0.722. The van der Waals surface area contributed by atoms with E-state index in [1.165, 1.54) is 6.07 Å². The second-order valence-corrected chi connectivity index (χ2v) is 4.93. The quantitative estimate of drug-likeness (QED) is 0.632. The van der Waals surface area contributed by atoms with Crippen LogP contribution >= 0.6 is 0 Å². The number of nitrogens with one attached hydrogen (secondary N) is 1. The van der Waals surface area contributed by atoms with Crippen LogP contribution in [0, 0.1) is 27.2 Å². The predicted octanol–water partition coefficient (Wildman–Crippen LogP) is 3.76. The summed E-state index contributed by atoms with van der Waals surface area (Å²) in [4.78, 5) is 21.4. The maximum atomic E-state index is 11.3. The normalized spacial score (nSPS) is 10.7. The second-order valence-electron chi connectivity index (χ2n) is 4.93. The number of hydrogen-bond acceptors (Lipinski definition) is 5. The molecular weight excluding hydrogens is 262 g/mol. The van der Waals surface area contributed by atoms with E-state index in [0.717, 1.165) is 6.42 Å². The van der Waals surface area contributed by atoms with Gasteiger partial charge in [-0.3, -0.25) is 20.2 Å². The van der Waals surface area contributed by atoms with E-state index in [0.29, 0.717) is 17.7 Å². The minimum absolute atomic E-state index is 0.00347. The minimum atomic E-state index is -0.573. The molecule has 0 aliphatic rings. The van der Waals surface area contributed by atoms with Gasteiger partial charge >= 0.3 is 5.69 Å². The number of anilines is 1. The van der Waals surface area contributed by atoms with Gasteiger partial charge in [0.2, 0.25) is 0 Å². The van der Waals surface area contributed by atoms with Gasteiger partial charge in [-0.15, -0.1) is 0 Å². The lowest BCUT2D eigenvalue weighted by Gasteiger charge is -2.14. The van der Waals surface area contributed by atoms with Gasteiger partial charge in [-0.1, -0.05) is 20.8 Å². The highest BCUT2D eigenvalue weighted by Gasteiger charge is 2.30. The Balaban J connectivity index is 3.64. The van der Waals surface area contributed by atoms with Crippen LogP contribution in [0.25, 0.3) is 0 Å². The van der Waals surface area contributed by atoms with Gasteiger partial charge in [-0.25, -0.2) is 0 Å². The third-order valence-electron chi connectivity index (χ3n) is 3.13. The van der Waals surface area contributed by atoms with Crippen molar-refractivity contribution in [3.8, 4) is 0 Å². The molecule has 7 nitrogen and oxygen atoms in total. The minimum Gasteiger partial charge on any atom is -0.374 e. The average molecular weight is 281 g/mol. The van der Waals surface area contributed by atoms with Gasteiger partial charge in [-0.2, -0.15) is 0 Å². The first-order valence-corrected chi connectivity index (χ1v) is 6.51. The van der Waals surface area contributed by atoms with Crippen LogP contribution in [0.15, 0.2) is 6.07 Å². The fraction of sp³-hybridized carbons (Fsp3) is 0.538. The highest BCUT2D eigenvalue weighted by Crippen LogP contribution is 2.41. The molecule has 1 N–H and O–H groups in total. The van der Waals surface area contributed by atoms with Gasteiger partial charge in [0.25, 0.3) is 5.69 Å². The maximum Gasteiger partial charge on any atom is 0.302 e. The Morgan fingerprint density at radius 3 is 2.25 bits per heavy atom. The first-order valence-electron chi connectivity index (χ1n) is 6.51. The molecule has 0 aromatic heterocycles. The number of rotatable bonds is 6. The Morgan fingerprint density at radius 2 is 1.85 bits per heavy atom. The van der Waals surface area contributed by atoms with Gasteiger partial charge in [0.05, 0.1) is 9.85 Å². The summed E-state index contributed by atoms with van der Waals surface area (Å²) in [5.41, 5.74) is 0.680. The molecule has 20 heavy (non-hydrogen) atoms. The fourth-order valence-corrected chi connectivity index (χ4v) is 2.17. The van der Waals surface area contributed by atoms with Crippen molar-refractivity contribution >= 4 is 17.1 Å². The van der Waals surface area contributed by atoms with Crippen LogP contribution in [0.2, 0.25) is 0 Å². The van der Waals surface area contributed by atoms with Crippen LogP contribution in [-0.2, 0) is 0 Å². The lowest BCUT2D eigenvalue weighted by atomic mass is 9.95. The molecule has 0 radical (unpaired) electrons. The first kappa shape index (κ1) is 15.9. The Kier molecular flexibility index (Phi) is 5.01. The van der Waals surface area contributed by atoms with E-state index in [9.17, 15) is 20.2 Å². The molecule has 0 saturated carbocycles. The second kappa shape index (κ2) is 6.31. The summed E-state index contributed by atoms with van der Waals surface area (Å²) in [6, 6.07) is 1.44. The number of nitrogens with zero attached hydrogens (tertiary/aromatic N) is 2. The predicted molar refractivity (Wildman–Crippen MR) is 77.4 cm³/mol. The van der Waals surface area contributed by atoms with Crippen LogP contribution in [0.1, 0.15) is 44.2 Å². The van der Waals surface area contributed by atoms with Crippen molar-refractivity contribution in [2.75, 3.05) is 11.9 Å². The average Bonchev–Trinajstić information content (AvgIpc) is 2.34. The third kappa shape index (κ3) is 3.04. The van der Waals surface area contributed by atoms with Crippen LogP contribution in [0.3, 0.4) is 0 Å². The maximum absolute atomic E-state index is 11.3. The van der Waals surface area contributed by atoms with Gasteiger partial charge in [0.15, 0.2) is 5.69 Å². The van der Waals surface area contributed by atoms with E-state index in [1.54, 1.807) is 6.92 Å². The van der Waals surface area contributed by atoms with E-state index in [4.69, 9.17) is 0 Å². The Bertz CT molecular complexity index is 541. The molecule has 7 heteroatoms. The molecule has 1 rings (SSSR count). The van der Waals surface area contributed by atoms with Crippen molar-refractivity contribution in [3.63, 3.8) is 0 Å². The van der Waals surface area contributed by atoms with Crippen LogP contribution < -0.4 is 5.32 Å². The van der Waals surface area contributed by atoms with Crippen LogP contribution in [0.4, 0.5) is 17.1 Å². The molecule has 0 aliphatic carbocycles. The lowest BCUT2D eigenvalue weighted by molar-refractivity contribution is -0.392. The zero-order chi connectivity index (χ0) is 15.4. The van der Waals surface area contributed by atoms with E-state index in [-0.39, 0.29) is 23.0 Å². The summed E-state index contributed by atoms with van der Waals surface area (Å²) >= 11 is 0. The fourth-order valence-electron chi connectivity index (χ4n) is 2.17. The van der Waals surface area contributed by atoms with Crippen LogP contribution in [-0.4, -0.2) is 16.4 Å². The summed E-state index contributed by atoms with van der Waals surface area (Å²) in [5, 5.41) is 25.3. The largest absolute Gasteiger partial charge is 0.374 e. The molecule has 0 amide bonds. The Morgan fingerprint density at radius 1 is 1.25 bits per heavy atom. The summed E-state index contributed by atoms with van der Waals surface area (Å²) in [7, 11) is 0. The molecule has 0 heterocycles. The SMILES string of the molecule is CCCNc1c([N+](=O)[O-])cc(C(C)C)c(C)c1[N+](=O)[O-]. The van der Waals surface area contributed by atoms with Gasteiger partial charge < -0.3 is 5.32 Å². The summed E-state index contributed by atoms with van der Waals surface area (Å²) in [5.74, 6) is -0.0207. The Labute approximate surface area is 117 Å². The van der Waals surface area contributed by atoms with Crippen molar-refractivity contribution < 1.29 is 9.85 Å². The number of nitro benzene ring substituents is 2. The molecule has 0 saturated heterocycles. The highest BCUT2D eigenvalue weighted by atomic mass is 16.6. The monoisotopic (exact) mass is 281 g/mol. The molecule has 1 aromatic carbocycles. The van der Waals surface area contributed by atoms with Crippen molar-refractivity contribution in [1.82, 2.24) is 0 Å². The molecule has 1 aromatic rings. The van der Waals surface area contributed by atoms with E-state index < -0.39 is 9.85 Å². The zero-order valence-corrected chi connectivity index (χ0v) is 12.1. The summed E-state index contributed by atoms with van der Waals surface area (Å²) in [6.45, 7) is 7.68. The molecular formula is C13H19N3O4. The molecule has 110 valence electrons. The van der Waals surface area contributed by atoms with Crippen molar-refractivity contribution in [3.05, 3.63) is 37.4 Å². The first-order chi connectivity index (χ1) is 9.31. The van der Waals surface area contributed by atoms with Crippen molar-refractivity contribution in [2.24, 2.45) is 0 Å². The van der Waals surface area contributed by atoms with Crippen LogP contribution in [0.5, 0.6) is 0 Å². The third-order valence-corrected chi connectivity index (χ3v) is 3.13. The topological polar surface area (TPSA) is 98.3 Å². The van der Waals surface area contributed by atoms with Crippen molar-refractivity contribution in [1.29, 1.82) is 0 Å². The molecule has 0 unspecified atom stereocenters. The smallest absolute Gasteiger partial charge is 0.302 e. The highest BCUT2D eigenvalue weighted by molar-refractivity contribution is 5.78. The number of hydrogen-bond donors (Lipinski definition) is 1. The van der Waals surface area contributed by atoms with E-state index in [2.05, 4.69) is 5.32 Å². The molecule has 0 spiro atoms. The van der Waals surface area contributed by atoms with Crippen molar-refractivity contribution in [2.45, 2.75) is 40.0 Å². The lowest BCUT2D eigenvalue weighted by Crippen LogP contribution is -2.09. The zero-order valence-electron chi connectivity index (χ0n) is 12.1. The Hall–Kier alpha value is -2.18. The standard InChI is InChI=1S/C13H19N3O4/c1-5-6-14-12-11(15(17)18)7-10(8(2)3)9(4)13(12)16(19)20/h7-8,14H,5-6H2,1-4H3. The van der Waals surface area contributed by atoms with Gasteiger partial charge in [0.1, 0.15) is 0 Å². The van der Waals surface area contributed by atoms with E-state index in [1.807, 2.05) is 20.8 Å². The number of nitro groups is 2. The number of benzene rings is 1. The van der Waals surface area contributed by atoms with Gasteiger partial charge in [0, 0.05) is 18.2 Å². The van der Waals surface area contributed by atoms with Gasteiger partial charge in [-0.05, 0) is 24.8 Å². The molecule has 0 aliphatic heterocycles. The molecule has 0 atom stereocenters. The molecule has 0 bridgehead atoms. The summed E-state index contributed by atoms with van der Waals surface area (Å²) < 4.78 is 0. The molecule has 0 fully saturated rings. The van der Waals surface area contributed by atoms with E-state index >= 15 is 0 Å².